The maximum Gasteiger partial charge on any atom is 0.411 e. The Hall–Kier alpha value is -1.96. The summed E-state index contributed by atoms with van der Waals surface area (Å²) >= 11 is 0. The normalized spacial score (nSPS) is 14.6. The van der Waals surface area contributed by atoms with E-state index in [1.165, 1.54) is 0 Å². The van der Waals surface area contributed by atoms with Gasteiger partial charge in [-0.1, -0.05) is 0 Å². The molecule has 3 rings (SSSR count). The first-order valence-corrected chi connectivity index (χ1v) is 6.44. The van der Waals surface area contributed by atoms with Crippen LogP contribution in [0.5, 0.6) is 11.5 Å². The van der Waals surface area contributed by atoms with E-state index in [1.54, 1.807) is 12.1 Å². The summed E-state index contributed by atoms with van der Waals surface area (Å²) < 4.78 is 51.3. The smallest absolute Gasteiger partial charge is 0.411 e. The third-order valence-corrected chi connectivity index (χ3v) is 2.94. The van der Waals surface area contributed by atoms with Crippen molar-refractivity contribution in [1.82, 2.24) is 9.97 Å². The van der Waals surface area contributed by atoms with Crippen LogP contribution in [0.3, 0.4) is 0 Å². The van der Waals surface area contributed by atoms with Gasteiger partial charge in [0.1, 0.15) is 25.6 Å². The molecule has 0 unspecified atom stereocenters. The predicted molar refractivity (Wildman–Crippen MR) is 67.7 cm³/mol. The lowest BCUT2D eigenvalue weighted by molar-refractivity contribution is -0.173. The largest absolute Gasteiger partial charge is 0.486 e. The zero-order chi connectivity index (χ0) is 14.9. The van der Waals surface area contributed by atoms with Crippen molar-refractivity contribution < 1.29 is 27.4 Å². The quantitative estimate of drug-likeness (QED) is 0.882. The summed E-state index contributed by atoms with van der Waals surface area (Å²) in [5.41, 5.74) is 1.44. The number of benzene rings is 1. The number of H-pyrrole nitrogens is 1. The van der Waals surface area contributed by atoms with E-state index in [0.717, 1.165) is 5.52 Å². The lowest BCUT2D eigenvalue weighted by Crippen LogP contribution is -2.18. The van der Waals surface area contributed by atoms with Crippen molar-refractivity contribution in [2.75, 3.05) is 26.4 Å². The predicted octanol–water partition coefficient (Wildman–Crippen LogP) is 2.46. The molecule has 0 saturated heterocycles. The number of hydrogen-bond acceptors (Lipinski definition) is 4. The number of ether oxygens (including phenoxy) is 3. The molecule has 0 atom stereocenters. The first-order valence-electron chi connectivity index (χ1n) is 6.44. The number of aromatic nitrogens is 2. The highest BCUT2D eigenvalue weighted by Crippen LogP contribution is 2.33. The summed E-state index contributed by atoms with van der Waals surface area (Å²) in [6, 6.07) is 3.53. The molecule has 0 bridgehead atoms. The number of rotatable bonds is 4. The number of fused-ring (bicyclic) bond motifs is 2. The van der Waals surface area contributed by atoms with Gasteiger partial charge in [-0.2, -0.15) is 13.2 Å². The Morgan fingerprint density at radius 2 is 1.90 bits per heavy atom. The Kier molecular flexibility index (Phi) is 3.62. The Morgan fingerprint density at radius 1 is 1.19 bits per heavy atom. The van der Waals surface area contributed by atoms with Crippen molar-refractivity contribution in [2.24, 2.45) is 0 Å². The number of imidazole rings is 1. The van der Waals surface area contributed by atoms with Gasteiger partial charge in [0.25, 0.3) is 0 Å². The minimum absolute atomic E-state index is 0.0496. The highest BCUT2D eigenvalue weighted by Gasteiger charge is 2.27. The van der Waals surface area contributed by atoms with E-state index in [1.807, 2.05) is 0 Å². The van der Waals surface area contributed by atoms with Gasteiger partial charge in [-0.05, 0) is 0 Å². The van der Waals surface area contributed by atoms with E-state index in [9.17, 15) is 13.2 Å². The number of alkyl halides is 3. The third-order valence-electron chi connectivity index (χ3n) is 2.94. The van der Waals surface area contributed by atoms with Gasteiger partial charge in [0, 0.05) is 18.6 Å². The van der Waals surface area contributed by atoms with Gasteiger partial charge in [-0.3, -0.25) is 0 Å². The minimum atomic E-state index is -4.30. The van der Waals surface area contributed by atoms with Crippen LogP contribution in [0.1, 0.15) is 5.82 Å². The van der Waals surface area contributed by atoms with E-state index in [2.05, 4.69) is 14.7 Å². The molecule has 0 saturated carbocycles. The molecule has 114 valence electrons. The van der Waals surface area contributed by atoms with Crippen molar-refractivity contribution in [3.05, 3.63) is 18.0 Å². The van der Waals surface area contributed by atoms with Crippen LogP contribution in [0.4, 0.5) is 13.2 Å². The molecule has 8 heteroatoms. The Labute approximate surface area is 118 Å². The highest BCUT2D eigenvalue weighted by molar-refractivity contribution is 5.79. The Morgan fingerprint density at radius 3 is 2.62 bits per heavy atom. The molecule has 1 N–H and O–H groups in total. The number of nitrogens with zero attached hydrogens (tertiary/aromatic N) is 1. The molecule has 0 amide bonds. The standard InChI is InChI=1S/C13H13F3N2O3/c14-13(15,16)7-19-2-1-12-17-8-5-10-11(6-9(8)18-12)21-4-3-20-10/h5-6H,1-4,7H2,(H,17,18). The lowest BCUT2D eigenvalue weighted by atomic mass is 10.2. The molecule has 1 aromatic heterocycles. The molecule has 21 heavy (non-hydrogen) atoms. The molecular formula is C13H13F3N2O3. The van der Waals surface area contributed by atoms with Crippen LogP contribution in [0.2, 0.25) is 0 Å². The lowest BCUT2D eigenvalue weighted by Gasteiger charge is -2.17. The summed E-state index contributed by atoms with van der Waals surface area (Å²) in [5.74, 6) is 1.83. The molecule has 0 spiro atoms. The fourth-order valence-electron chi connectivity index (χ4n) is 2.07. The van der Waals surface area contributed by atoms with Crippen LogP contribution in [0.15, 0.2) is 12.1 Å². The van der Waals surface area contributed by atoms with Gasteiger partial charge in [0.2, 0.25) is 0 Å². The van der Waals surface area contributed by atoms with Crippen LogP contribution < -0.4 is 9.47 Å². The monoisotopic (exact) mass is 302 g/mol. The number of halogens is 3. The Balaban J connectivity index is 1.67. The first kappa shape index (κ1) is 14.0. The summed E-state index contributed by atoms with van der Waals surface area (Å²) in [7, 11) is 0. The zero-order valence-electron chi connectivity index (χ0n) is 11.0. The molecular weight excluding hydrogens is 289 g/mol. The molecule has 0 fully saturated rings. The minimum Gasteiger partial charge on any atom is -0.486 e. The summed E-state index contributed by atoms with van der Waals surface area (Å²) in [5, 5.41) is 0. The van der Waals surface area contributed by atoms with Crippen LogP contribution in [-0.2, 0) is 11.2 Å². The van der Waals surface area contributed by atoms with Crippen molar-refractivity contribution in [2.45, 2.75) is 12.6 Å². The molecule has 5 nitrogen and oxygen atoms in total. The molecule has 2 aromatic rings. The Bertz CT molecular complexity index is 596. The third kappa shape index (κ3) is 3.38. The van der Waals surface area contributed by atoms with Crippen molar-refractivity contribution in [3.8, 4) is 11.5 Å². The number of aromatic amines is 1. The van der Waals surface area contributed by atoms with E-state index < -0.39 is 12.8 Å². The fraction of sp³-hybridized carbons (Fsp3) is 0.462. The summed E-state index contributed by atoms with van der Waals surface area (Å²) in [4.78, 5) is 7.34. The molecule has 0 aliphatic carbocycles. The number of hydrogen-bond donors (Lipinski definition) is 1. The van der Waals surface area contributed by atoms with Crippen molar-refractivity contribution >= 4 is 11.0 Å². The van der Waals surface area contributed by atoms with E-state index in [4.69, 9.17) is 9.47 Å². The zero-order valence-corrected chi connectivity index (χ0v) is 11.0. The van der Waals surface area contributed by atoms with E-state index in [0.29, 0.717) is 36.1 Å². The SMILES string of the molecule is FC(F)(F)COCCc1nc2cc3c(cc2[nH]1)OCCO3. The fourth-order valence-corrected chi connectivity index (χ4v) is 2.07. The van der Waals surface area contributed by atoms with Gasteiger partial charge in [0.05, 0.1) is 17.6 Å². The second-order valence-corrected chi connectivity index (χ2v) is 4.61. The van der Waals surface area contributed by atoms with E-state index >= 15 is 0 Å². The molecule has 1 aliphatic heterocycles. The van der Waals surface area contributed by atoms with Gasteiger partial charge in [0.15, 0.2) is 11.5 Å². The van der Waals surface area contributed by atoms with Gasteiger partial charge in [-0.25, -0.2) is 4.98 Å². The summed E-state index contributed by atoms with van der Waals surface area (Å²) in [6.45, 7) is -0.318. The second-order valence-electron chi connectivity index (χ2n) is 4.61. The molecule has 1 aromatic carbocycles. The van der Waals surface area contributed by atoms with Crippen molar-refractivity contribution in [3.63, 3.8) is 0 Å². The van der Waals surface area contributed by atoms with Gasteiger partial charge >= 0.3 is 6.18 Å². The average molecular weight is 302 g/mol. The highest BCUT2D eigenvalue weighted by atomic mass is 19.4. The van der Waals surface area contributed by atoms with E-state index in [-0.39, 0.29) is 13.0 Å². The van der Waals surface area contributed by atoms with Crippen LogP contribution in [0.25, 0.3) is 11.0 Å². The maximum atomic E-state index is 11.9. The van der Waals surface area contributed by atoms with Crippen LogP contribution in [-0.4, -0.2) is 42.6 Å². The topological polar surface area (TPSA) is 56.4 Å². The maximum absolute atomic E-state index is 11.9. The van der Waals surface area contributed by atoms with Crippen LogP contribution in [0, 0.1) is 0 Å². The average Bonchev–Trinajstić information content (AvgIpc) is 2.81. The summed E-state index contributed by atoms with van der Waals surface area (Å²) in [6.07, 6.45) is -4.03. The van der Waals surface area contributed by atoms with Gasteiger partial charge in [-0.15, -0.1) is 0 Å². The molecule has 2 heterocycles. The molecule has 1 aliphatic rings. The second kappa shape index (κ2) is 5.44. The van der Waals surface area contributed by atoms with Gasteiger partial charge < -0.3 is 19.2 Å². The molecule has 0 radical (unpaired) electrons. The first-order chi connectivity index (χ1) is 10.0. The number of nitrogens with one attached hydrogen (secondary N) is 1. The van der Waals surface area contributed by atoms with Crippen LogP contribution >= 0.6 is 0 Å². The van der Waals surface area contributed by atoms with Crippen molar-refractivity contribution in [1.29, 1.82) is 0 Å².